The Morgan fingerprint density at radius 1 is 1.14 bits per heavy atom. The molecule has 3 rings (SSSR count). The van der Waals surface area contributed by atoms with Crippen LogP contribution in [0.15, 0.2) is 42.5 Å². The average Bonchev–Trinajstić information content (AvgIpc) is 3.17. The van der Waals surface area contributed by atoms with E-state index in [1.54, 1.807) is 6.07 Å². The molecule has 0 saturated heterocycles. The van der Waals surface area contributed by atoms with Gasteiger partial charge in [-0.05, 0) is 44.2 Å². The van der Waals surface area contributed by atoms with Gasteiger partial charge in [0.05, 0.1) is 6.54 Å². The number of carbonyl (C=O) groups excluding carboxylic acids is 1. The van der Waals surface area contributed by atoms with Crippen LogP contribution in [0.1, 0.15) is 44.5 Å². The van der Waals surface area contributed by atoms with Crippen molar-refractivity contribution in [1.29, 1.82) is 0 Å². The smallest absolute Gasteiger partial charge is 0.282 e. The number of benzene rings is 2. The molecule has 0 aliphatic rings. The second-order valence-corrected chi connectivity index (χ2v) is 8.00. The first-order chi connectivity index (χ1) is 13.8. The Labute approximate surface area is 172 Å². The standard InChI is InChI=1S/C21H22F2N4OS/c1-13-4-6-15(7-5-13)11-24-20(28)21-26-25-19(29-21)12-27(3)14(2)16-8-9-17(22)18(23)10-16/h4-10,14H,11-12H2,1-3H3,(H,24,28). The Bertz CT molecular complexity index is 991. The Kier molecular flexibility index (Phi) is 6.66. The van der Waals surface area contributed by atoms with Crippen LogP contribution < -0.4 is 5.32 Å². The molecule has 3 aromatic rings. The van der Waals surface area contributed by atoms with E-state index in [4.69, 9.17) is 0 Å². The first-order valence-corrected chi connectivity index (χ1v) is 9.96. The van der Waals surface area contributed by atoms with Crippen molar-refractivity contribution >= 4 is 17.2 Å². The summed E-state index contributed by atoms with van der Waals surface area (Å²) in [6.07, 6.45) is 0. The van der Waals surface area contributed by atoms with Crippen molar-refractivity contribution in [2.75, 3.05) is 7.05 Å². The van der Waals surface area contributed by atoms with Gasteiger partial charge in [-0.25, -0.2) is 8.78 Å². The molecule has 5 nitrogen and oxygen atoms in total. The zero-order chi connectivity index (χ0) is 21.0. The molecule has 0 aliphatic heterocycles. The van der Waals surface area contributed by atoms with Crippen LogP contribution in [0.25, 0.3) is 0 Å². The van der Waals surface area contributed by atoms with Gasteiger partial charge in [0.1, 0.15) is 5.01 Å². The molecule has 0 saturated carbocycles. The molecule has 152 valence electrons. The van der Waals surface area contributed by atoms with Crippen molar-refractivity contribution in [1.82, 2.24) is 20.4 Å². The number of hydrogen-bond donors (Lipinski definition) is 1. The van der Waals surface area contributed by atoms with Crippen LogP contribution >= 0.6 is 11.3 Å². The molecule has 1 unspecified atom stereocenters. The van der Waals surface area contributed by atoms with Gasteiger partial charge in [-0.15, -0.1) is 10.2 Å². The molecule has 0 radical (unpaired) electrons. The lowest BCUT2D eigenvalue weighted by Crippen LogP contribution is -2.22. The number of nitrogens with one attached hydrogen (secondary N) is 1. The lowest BCUT2D eigenvalue weighted by molar-refractivity contribution is 0.0950. The molecule has 0 fully saturated rings. The summed E-state index contributed by atoms with van der Waals surface area (Å²) >= 11 is 1.22. The summed E-state index contributed by atoms with van der Waals surface area (Å²) in [5, 5.41) is 11.9. The minimum Gasteiger partial charge on any atom is -0.346 e. The van der Waals surface area contributed by atoms with E-state index in [9.17, 15) is 13.6 Å². The van der Waals surface area contributed by atoms with Gasteiger partial charge in [-0.1, -0.05) is 47.2 Å². The van der Waals surface area contributed by atoms with Gasteiger partial charge in [-0.3, -0.25) is 9.69 Å². The normalized spacial score (nSPS) is 12.2. The van der Waals surface area contributed by atoms with Crippen molar-refractivity contribution in [3.05, 3.63) is 80.8 Å². The van der Waals surface area contributed by atoms with Crippen LogP contribution in [0.4, 0.5) is 8.78 Å². The fraction of sp³-hybridized carbons (Fsp3) is 0.286. The summed E-state index contributed by atoms with van der Waals surface area (Å²) in [5.74, 6) is -2.01. The monoisotopic (exact) mass is 416 g/mol. The average molecular weight is 416 g/mol. The van der Waals surface area contributed by atoms with E-state index < -0.39 is 11.6 Å². The highest BCUT2D eigenvalue weighted by Crippen LogP contribution is 2.23. The van der Waals surface area contributed by atoms with E-state index >= 15 is 0 Å². The first-order valence-electron chi connectivity index (χ1n) is 9.15. The van der Waals surface area contributed by atoms with E-state index in [2.05, 4.69) is 15.5 Å². The van der Waals surface area contributed by atoms with Crippen molar-refractivity contribution in [2.45, 2.75) is 33.0 Å². The van der Waals surface area contributed by atoms with Gasteiger partial charge >= 0.3 is 0 Å². The van der Waals surface area contributed by atoms with E-state index in [-0.39, 0.29) is 11.9 Å². The molecule has 29 heavy (non-hydrogen) atoms. The Morgan fingerprint density at radius 3 is 2.55 bits per heavy atom. The fourth-order valence-corrected chi connectivity index (χ4v) is 3.57. The molecule has 0 bridgehead atoms. The summed E-state index contributed by atoms with van der Waals surface area (Å²) in [7, 11) is 1.85. The summed E-state index contributed by atoms with van der Waals surface area (Å²) < 4.78 is 26.6. The lowest BCUT2D eigenvalue weighted by atomic mass is 10.1. The van der Waals surface area contributed by atoms with Gasteiger partial charge < -0.3 is 5.32 Å². The third-order valence-corrected chi connectivity index (χ3v) is 5.61. The third kappa shape index (κ3) is 5.42. The molecule has 1 N–H and O–H groups in total. The third-order valence-electron chi connectivity index (χ3n) is 4.71. The maximum atomic E-state index is 13.5. The minimum absolute atomic E-state index is 0.159. The molecule has 2 aromatic carbocycles. The van der Waals surface area contributed by atoms with Crippen LogP contribution in [0.3, 0.4) is 0 Å². The molecule has 1 aromatic heterocycles. The van der Waals surface area contributed by atoms with Crippen LogP contribution in [-0.2, 0) is 13.1 Å². The summed E-state index contributed by atoms with van der Waals surface area (Å²) in [6.45, 7) is 4.75. The molecule has 0 spiro atoms. The van der Waals surface area contributed by atoms with Crippen LogP contribution in [0, 0.1) is 18.6 Å². The van der Waals surface area contributed by atoms with E-state index in [1.807, 2.05) is 50.1 Å². The molecule has 0 aliphatic carbocycles. The van der Waals surface area contributed by atoms with Crippen LogP contribution in [-0.4, -0.2) is 28.1 Å². The maximum Gasteiger partial charge on any atom is 0.282 e. The van der Waals surface area contributed by atoms with Crippen molar-refractivity contribution in [3.8, 4) is 0 Å². The largest absolute Gasteiger partial charge is 0.346 e. The highest BCUT2D eigenvalue weighted by Gasteiger charge is 2.18. The number of nitrogens with zero attached hydrogens (tertiary/aromatic N) is 3. The molecule has 8 heteroatoms. The maximum absolute atomic E-state index is 13.5. The topological polar surface area (TPSA) is 58.1 Å². The quantitative estimate of drug-likeness (QED) is 0.626. The zero-order valence-corrected chi connectivity index (χ0v) is 17.3. The zero-order valence-electron chi connectivity index (χ0n) is 16.4. The van der Waals surface area contributed by atoms with Crippen molar-refractivity contribution in [3.63, 3.8) is 0 Å². The molecule has 1 heterocycles. The molecule has 1 amide bonds. The SMILES string of the molecule is Cc1ccc(CNC(=O)c2nnc(CN(C)C(C)c3ccc(F)c(F)c3)s2)cc1. The highest BCUT2D eigenvalue weighted by atomic mass is 32.1. The van der Waals surface area contributed by atoms with Crippen LogP contribution in [0.5, 0.6) is 0 Å². The van der Waals surface area contributed by atoms with Crippen molar-refractivity contribution in [2.24, 2.45) is 0 Å². The number of rotatable bonds is 7. The van der Waals surface area contributed by atoms with Gasteiger partial charge in [0.25, 0.3) is 5.91 Å². The molecular formula is C21H22F2N4OS. The van der Waals surface area contributed by atoms with Gasteiger partial charge in [0.15, 0.2) is 11.6 Å². The summed E-state index contributed by atoms with van der Waals surface area (Å²) in [6, 6.07) is 11.6. The van der Waals surface area contributed by atoms with Gasteiger partial charge in [0.2, 0.25) is 5.01 Å². The number of aryl methyl sites for hydroxylation is 1. The summed E-state index contributed by atoms with van der Waals surface area (Å²) in [5.41, 5.74) is 2.83. The van der Waals surface area contributed by atoms with E-state index in [0.717, 1.165) is 17.2 Å². The second kappa shape index (κ2) is 9.19. The summed E-state index contributed by atoms with van der Waals surface area (Å²) in [4.78, 5) is 14.2. The number of hydrogen-bond acceptors (Lipinski definition) is 5. The minimum atomic E-state index is -0.869. The lowest BCUT2D eigenvalue weighted by Gasteiger charge is -2.24. The predicted molar refractivity (Wildman–Crippen MR) is 108 cm³/mol. The number of carbonyl (C=O) groups is 1. The Hall–Kier alpha value is -2.71. The van der Waals surface area contributed by atoms with Gasteiger partial charge in [0, 0.05) is 12.6 Å². The fourth-order valence-electron chi connectivity index (χ4n) is 2.75. The second-order valence-electron chi connectivity index (χ2n) is 6.93. The van der Waals surface area contributed by atoms with E-state index in [1.165, 1.54) is 17.4 Å². The van der Waals surface area contributed by atoms with Crippen molar-refractivity contribution < 1.29 is 13.6 Å². The number of aromatic nitrogens is 2. The molecule has 1 atom stereocenters. The number of halogens is 2. The Morgan fingerprint density at radius 2 is 1.86 bits per heavy atom. The van der Waals surface area contributed by atoms with E-state index in [0.29, 0.717) is 28.7 Å². The van der Waals surface area contributed by atoms with Gasteiger partial charge in [-0.2, -0.15) is 0 Å². The highest BCUT2D eigenvalue weighted by molar-refractivity contribution is 7.13. The van der Waals surface area contributed by atoms with Crippen LogP contribution in [0.2, 0.25) is 0 Å². The number of amides is 1. The molecular weight excluding hydrogens is 394 g/mol. The Balaban J connectivity index is 1.57. The first kappa shape index (κ1) is 21.0. The predicted octanol–water partition coefficient (Wildman–Crippen LogP) is 4.25.